The lowest BCUT2D eigenvalue weighted by molar-refractivity contribution is 0.678. The first-order valence-electron chi connectivity index (χ1n) is 4.28. The van der Waals surface area contributed by atoms with Crippen LogP contribution in [0.1, 0.15) is 18.7 Å². The SMILES string of the molecule is NC1(c2ncc3sccc3n2)CC1. The molecule has 3 rings (SSSR count). The Morgan fingerprint density at radius 1 is 1.46 bits per heavy atom. The molecule has 1 aliphatic carbocycles. The molecule has 2 aromatic rings. The van der Waals surface area contributed by atoms with Crippen LogP contribution in [0.3, 0.4) is 0 Å². The summed E-state index contributed by atoms with van der Waals surface area (Å²) in [5.74, 6) is 0.804. The second-order valence-corrected chi connectivity index (χ2v) is 4.47. The van der Waals surface area contributed by atoms with E-state index in [1.807, 2.05) is 17.6 Å². The summed E-state index contributed by atoms with van der Waals surface area (Å²) in [6.45, 7) is 0. The standard InChI is InChI=1S/C9H9N3S/c10-9(2-3-9)8-11-5-7-6(12-8)1-4-13-7/h1,4-5H,2-3,10H2. The highest BCUT2D eigenvalue weighted by molar-refractivity contribution is 7.17. The molecule has 0 saturated heterocycles. The van der Waals surface area contributed by atoms with Crippen molar-refractivity contribution in [2.75, 3.05) is 0 Å². The molecule has 0 spiro atoms. The van der Waals surface area contributed by atoms with Gasteiger partial charge in [-0.3, -0.25) is 0 Å². The van der Waals surface area contributed by atoms with Crippen LogP contribution in [-0.4, -0.2) is 9.97 Å². The molecule has 1 aliphatic rings. The lowest BCUT2D eigenvalue weighted by Crippen LogP contribution is -2.21. The number of hydrogen-bond acceptors (Lipinski definition) is 4. The van der Waals surface area contributed by atoms with Crippen molar-refractivity contribution in [3.05, 3.63) is 23.5 Å². The molecule has 4 heteroatoms. The largest absolute Gasteiger partial charge is 0.319 e. The normalized spacial score (nSPS) is 19.2. The number of fused-ring (bicyclic) bond motifs is 1. The molecular weight excluding hydrogens is 182 g/mol. The molecule has 0 amide bonds. The van der Waals surface area contributed by atoms with Crippen LogP contribution in [0.25, 0.3) is 10.2 Å². The third-order valence-corrected chi connectivity index (χ3v) is 3.28. The molecule has 13 heavy (non-hydrogen) atoms. The van der Waals surface area contributed by atoms with Gasteiger partial charge >= 0.3 is 0 Å². The molecule has 0 radical (unpaired) electrons. The Bertz CT molecular complexity index is 459. The summed E-state index contributed by atoms with van der Waals surface area (Å²) in [4.78, 5) is 8.73. The molecule has 3 nitrogen and oxygen atoms in total. The van der Waals surface area contributed by atoms with E-state index in [1.165, 1.54) is 0 Å². The van der Waals surface area contributed by atoms with Gasteiger partial charge in [0.25, 0.3) is 0 Å². The van der Waals surface area contributed by atoms with E-state index < -0.39 is 0 Å². The molecule has 66 valence electrons. The highest BCUT2D eigenvalue weighted by Gasteiger charge is 2.43. The zero-order valence-electron chi connectivity index (χ0n) is 7.03. The van der Waals surface area contributed by atoms with Crippen molar-refractivity contribution in [3.8, 4) is 0 Å². The smallest absolute Gasteiger partial charge is 0.148 e. The number of nitrogens with zero attached hydrogens (tertiary/aromatic N) is 2. The summed E-state index contributed by atoms with van der Waals surface area (Å²) in [6.07, 6.45) is 3.90. The van der Waals surface area contributed by atoms with E-state index in [0.29, 0.717) is 0 Å². The Labute approximate surface area is 79.6 Å². The van der Waals surface area contributed by atoms with Crippen LogP contribution >= 0.6 is 11.3 Å². The second kappa shape index (κ2) is 2.27. The first kappa shape index (κ1) is 7.41. The molecular formula is C9H9N3S. The van der Waals surface area contributed by atoms with Crippen molar-refractivity contribution in [2.24, 2.45) is 5.73 Å². The maximum atomic E-state index is 6.01. The maximum absolute atomic E-state index is 6.01. The van der Waals surface area contributed by atoms with Gasteiger partial charge in [-0.1, -0.05) is 0 Å². The third-order valence-electron chi connectivity index (χ3n) is 2.44. The Morgan fingerprint density at radius 3 is 3.08 bits per heavy atom. The van der Waals surface area contributed by atoms with Crippen LogP contribution < -0.4 is 5.73 Å². The van der Waals surface area contributed by atoms with Gasteiger partial charge < -0.3 is 5.73 Å². The lowest BCUT2D eigenvalue weighted by Gasteiger charge is -2.05. The van der Waals surface area contributed by atoms with Gasteiger partial charge in [-0.05, 0) is 24.3 Å². The minimum atomic E-state index is -0.212. The zero-order valence-corrected chi connectivity index (χ0v) is 7.84. The molecule has 1 fully saturated rings. The van der Waals surface area contributed by atoms with Crippen molar-refractivity contribution >= 4 is 21.6 Å². The molecule has 1 saturated carbocycles. The first-order valence-corrected chi connectivity index (χ1v) is 5.15. The average molecular weight is 191 g/mol. The summed E-state index contributed by atoms with van der Waals surface area (Å²) in [5, 5.41) is 2.03. The summed E-state index contributed by atoms with van der Waals surface area (Å²) < 4.78 is 1.13. The molecule has 0 bridgehead atoms. The molecule has 2 heterocycles. The topological polar surface area (TPSA) is 51.8 Å². The molecule has 0 atom stereocenters. The van der Waals surface area contributed by atoms with Crippen LogP contribution in [0, 0.1) is 0 Å². The Balaban J connectivity index is 2.20. The number of rotatable bonds is 1. The van der Waals surface area contributed by atoms with Crippen LogP contribution in [0.15, 0.2) is 17.6 Å². The van der Waals surface area contributed by atoms with Crippen molar-refractivity contribution in [1.29, 1.82) is 0 Å². The summed E-state index contributed by atoms with van der Waals surface area (Å²) >= 11 is 1.66. The van der Waals surface area contributed by atoms with E-state index in [2.05, 4.69) is 9.97 Å². The van der Waals surface area contributed by atoms with Crippen molar-refractivity contribution in [1.82, 2.24) is 9.97 Å². The Kier molecular flexibility index (Phi) is 1.30. The maximum Gasteiger partial charge on any atom is 0.148 e. The minimum Gasteiger partial charge on any atom is -0.319 e. The molecule has 2 aromatic heterocycles. The molecule has 0 unspecified atom stereocenters. The van der Waals surface area contributed by atoms with Crippen molar-refractivity contribution in [2.45, 2.75) is 18.4 Å². The summed E-state index contributed by atoms with van der Waals surface area (Å²) in [5.41, 5.74) is 6.81. The Morgan fingerprint density at radius 2 is 2.31 bits per heavy atom. The quantitative estimate of drug-likeness (QED) is 0.745. The van der Waals surface area contributed by atoms with Gasteiger partial charge in [-0.15, -0.1) is 11.3 Å². The van der Waals surface area contributed by atoms with E-state index in [0.717, 1.165) is 28.9 Å². The van der Waals surface area contributed by atoms with E-state index in [4.69, 9.17) is 5.73 Å². The first-order chi connectivity index (χ1) is 6.28. The van der Waals surface area contributed by atoms with Gasteiger partial charge in [0, 0.05) is 6.20 Å². The van der Waals surface area contributed by atoms with Gasteiger partial charge in [0.05, 0.1) is 15.8 Å². The van der Waals surface area contributed by atoms with Crippen LogP contribution in [0.2, 0.25) is 0 Å². The average Bonchev–Trinajstić information content (AvgIpc) is 2.74. The van der Waals surface area contributed by atoms with Gasteiger partial charge in [-0.2, -0.15) is 0 Å². The number of thiophene rings is 1. The fraction of sp³-hybridized carbons (Fsp3) is 0.333. The zero-order chi connectivity index (χ0) is 8.89. The van der Waals surface area contributed by atoms with Crippen LogP contribution in [-0.2, 0) is 5.54 Å². The minimum absolute atomic E-state index is 0.212. The summed E-state index contributed by atoms with van der Waals surface area (Å²) in [7, 11) is 0. The van der Waals surface area contributed by atoms with E-state index in [9.17, 15) is 0 Å². The highest BCUT2D eigenvalue weighted by Crippen LogP contribution is 2.41. The second-order valence-electron chi connectivity index (χ2n) is 3.52. The molecule has 0 aliphatic heterocycles. The molecule has 2 N–H and O–H groups in total. The fourth-order valence-electron chi connectivity index (χ4n) is 1.36. The van der Waals surface area contributed by atoms with E-state index in [-0.39, 0.29) is 5.54 Å². The molecule has 0 aromatic carbocycles. The van der Waals surface area contributed by atoms with Gasteiger partial charge in [-0.25, -0.2) is 9.97 Å². The van der Waals surface area contributed by atoms with Crippen molar-refractivity contribution in [3.63, 3.8) is 0 Å². The van der Waals surface area contributed by atoms with Gasteiger partial charge in [0.1, 0.15) is 5.82 Å². The monoisotopic (exact) mass is 191 g/mol. The van der Waals surface area contributed by atoms with Crippen LogP contribution in [0.5, 0.6) is 0 Å². The number of aromatic nitrogens is 2. The number of nitrogens with two attached hydrogens (primary N) is 1. The van der Waals surface area contributed by atoms with Crippen LogP contribution in [0.4, 0.5) is 0 Å². The third kappa shape index (κ3) is 1.06. The lowest BCUT2D eigenvalue weighted by atomic mass is 10.2. The predicted octanol–water partition coefficient (Wildman–Crippen LogP) is 1.64. The highest BCUT2D eigenvalue weighted by atomic mass is 32.1. The number of hydrogen-bond donors (Lipinski definition) is 1. The summed E-state index contributed by atoms with van der Waals surface area (Å²) in [6, 6.07) is 2.01. The predicted molar refractivity (Wildman–Crippen MR) is 52.5 cm³/mol. The van der Waals surface area contributed by atoms with Gasteiger partial charge in [0.2, 0.25) is 0 Å². The fourth-order valence-corrected chi connectivity index (χ4v) is 2.06. The Hall–Kier alpha value is -1.00. The van der Waals surface area contributed by atoms with Gasteiger partial charge in [0.15, 0.2) is 0 Å². The van der Waals surface area contributed by atoms with Crippen molar-refractivity contribution < 1.29 is 0 Å². The van der Waals surface area contributed by atoms with E-state index in [1.54, 1.807) is 11.3 Å². The van der Waals surface area contributed by atoms with E-state index >= 15 is 0 Å².